The summed E-state index contributed by atoms with van der Waals surface area (Å²) in [6.45, 7) is 14.1. The Balaban J connectivity index is 2.80. The Kier molecular flexibility index (Phi) is 3.58. The van der Waals surface area contributed by atoms with Crippen LogP contribution in [0.3, 0.4) is 0 Å². The average Bonchev–Trinajstić information content (AvgIpc) is 2.01. The first-order valence-electron chi connectivity index (χ1n) is 5.54. The maximum absolute atomic E-state index is 3.68. The topological polar surface area (TPSA) is 12.0 Å². The second-order valence-electron chi connectivity index (χ2n) is 6.54. The van der Waals surface area contributed by atoms with Crippen molar-refractivity contribution >= 4 is 11.8 Å². The van der Waals surface area contributed by atoms with E-state index in [1.807, 2.05) is 11.8 Å². The minimum absolute atomic E-state index is 0.374. The van der Waals surface area contributed by atoms with Crippen molar-refractivity contribution in [2.24, 2.45) is 16.7 Å². The fourth-order valence-corrected chi connectivity index (χ4v) is 3.59. The van der Waals surface area contributed by atoms with Crippen LogP contribution in [0.25, 0.3) is 0 Å². The van der Waals surface area contributed by atoms with E-state index in [9.17, 15) is 0 Å². The summed E-state index contributed by atoms with van der Waals surface area (Å²) in [4.78, 5) is 0. The summed E-state index contributed by atoms with van der Waals surface area (Å²) in [7, 11) is 0. The molecule has 2 atom stereocenters. The van der Waals surface area contributed by atoms with Crippen LogP contribution in [-0.4, -0.2) is 17.7 Å². The van der Waals surface area contributed by atoms with Crippen molar-refractivity contribution in [3.8, 4) is 0 Å². The third-order valence-electron chi connectivity index (χ3n) is 3.15. The van der Waals surface area contributed by atoms with Crippen LogP contribution >= 0.6 is 11.8 Å². The third-order valence-corrected chi connectivity index (χ3v) is 4.12. The van der Waals surface area contributed by atoms with Crippen molar-refractivity contribution in [2.45, 2.75) is 47.6 Å². The zero-order valence-corrected chi connectivity index (χ0v) is 11.3. The summed E-state index contributed by atoms with van der Waals surface area (Å²) in [5, 5.41) is 3.68. The summed E-state index contributed by atoms with van der Waals surface area (Å²) in [5.74, 6) is 3.20. The molecule has 0 aromatic heterocycles. The monoisotopic (exact) mass is 215 g/mol. The molecule has 1 aliphatic rings. The van der Waals surface area contributed by atoms with Gasteiger partial charge in [0.1, 0.15) is 0 Å². The van der Waals surface area contributed by atoms with Gasteiger partial charge in [0, 0.05) is 11.9 Å². The van der Waals surface area contributed by atoms with Crippen LogP contribution in [0.2, 0.25) is 0 Å². The smallest absolute Gasteiger partial charge is 0.0420 e. The number of nitrogens with one attached hydrogen (secondary N) is 1. The molecule has 0 saturated carbocycles. The van der Waals surface area contributed by atoms with Gasteiger partial charge in [-0.2, -0.15) is 0 Å². The Morgan fingerprint density at radius 3 is 1.93 bits per heavy atom. The third kappa shape index (κ3) is 2.90. The van der Waals surface area contributed by atoms with Gasteiger partial charge in [-0.1, -0.05) is 41.5 Å². The molecule has 1 fully saturated rings. The van der Waals surface area contributed by atoms with Crippen LogP contribution in [0, 0.1) is 16.7 Å². The van der Waals surface area contributed by atoms with Gasteiger partial charge in [-0.3, -0.25) is 0 Å². The van der Waals surface area contributed by atoms with Gasteiger partial charge < -0.3 is 5.32 Å². The molecule has 0 amide bonds. The molecule has 0 aromatic carbocycles. The van der Waals surface area contributed by atoms with E-state index < -0.39 is 0 Å². The Morgan fingerprint density at radius 2 is 1.57 bits per heavy atom. The Morgan fingerprint density at radius 1 is 1.00 bits per heavy atom. The second kappa shape index (κ2) is 4.05. The van der Waals surface area contributed by atoms with Gasteiger partial charge in [-0.15, -0.1) is 11.8 Å². The van der Waals surface area contributed by atoms with Crippen molar-refractivity contribution in [3.63, 3.8) is 0 Å². The van der Waals surface area contributed by atoms with Gasteiger partial charge in [0.05, 0.1) is 0 Å². The van der Waals surface area contributed by atoms with E-state index in [1.54, 1.807) is 0 Å². The molecule has 1 N–H and O–H groups in total. The maximum atomic E-state index is 3.68. The molecule has 1 heterocycles. The summed E-state index contributed by atoms with van der Waals surface area (Å²) in [6, 6.07) is 0.656. The first kappa shape index (κ1) is 12.4. The van der Waals surface area contributed by atoms with Gasteiger partial charge in [-0.25, -0.2) is 0 Å². The van der Waals surface area contributed by atoms with Gasteiger partial charge in [-0.05, 0) is 22.5 Å². The molecular weight excluding hydrogens is 190 g/mol. The fourth-order valence-electron chi connectivity index (χ4n) is 2.23. The highest BCUT2D eigenvalue weighted by Gasteiger charge is 2.40. The molecular formula is C12H25NS. The molecule has 0 bridgehead atoms. The van der Waals surface area contributed by atoms with Crippen molar-refractivity contribution in [2.75, 3.05) is 11.6 Å². The average molecular weight is 215 g/mol. The first-order chi connectivity index (χ1) is 6.23. The van der Waals surface area contributed by atoms with Crippen LogP contribution in [0.1, 0.15) is 41.5 Å². The van der Waals surface area contributed by atoms with Crippen molar-refractivity contribution < 1.29 is 0 Å². The largest absolute Gasteiger partial charge is 0.304 e. The molecule has 0 radical (unpaired) electrons. The normalized spacial score (nSPS) is 30.4. The van der Waals surface area contributed by atoms with Crippen LogP contribution in [0.4, 0.5) is 0 Å². The lowest BCUT2D eigenvalue weighted by Crippen LogP contribution is -2.53. The predicted octanol–water partition coefficient (Wildman–Crippen LogP) is 3.36. The molecule has 0 aliphatic carbocycles. The van der Waals surface area contributed by atoms with E-state index >= 15 is 0 Å². The van der Waals surface area contributed by atoms with Crippen molar-refractivity contribution in [1.82, 2.24) is 5.32 Å². The molecule has 2 unspecified atom stereocenters. The molecule has 1 aliphatic heterocycles. The minimum Gasteiger partial charge on any atom is -0.304 e. The van der Waals surface area contributed by atoms with E-state index in [2.05, 4.69) is 46.9 Å². The number of hydrogen-bond acceptors (Lipinski definition) is 2. The fraction of sp³-hybridized carbons (Fsp3) is 1.00. The zero-order valence-electron chi connectivity index (χ0n) is 10.5. The Labute approximate surface area is 93.4 Å². The van der Waals surface area contributed by atoms with Crippen LogP contribution in [0.15, 0.2) is 0 Å². The van der Waals surface area contributed by atoms with Gasteiger partial charge in [0.25, 0.3) is 0 Å². The van der Waals surface area contributed by atoms with Gasteiger partial charge in [0.2, 0.25) is 0 Å². The molecule has 84 valence electrons. The molecule has 1 nitrogen and oxygen atoms in total. The zero-order chi connectivity index (χ0) is 11.0. The summed E-state index contributed by atoms with van der Waals surface area (Å²) >= 11 is 2.04. The highest BCUT2D eigenvalue weighted by molar-refractivity contribution is 7.99. The molecule has 14 heavy (non-hydrogen) atoms. The number of rotatable bonds is 0. The van der Waals surface area contributed by atoms with Gasteiger partial charge >= 0.3 is 0 Å². The maximum Gasteiger partial charge on any atom is 0.0420 e. The summed E-state index contributed by atoms with van der Waals surface area (Å²) < 4.78 is 0. The van der Waals surface area contributed by atoms with E-state index in [4.69, 9.17) is 0 Å². The molecule has 0 spiro atoms. The second-order valence-corrected chi connectivity index (χ2v) is 7.57. The summed E-state index contributed by atoms with van der Waals surface area (Å²) in [5.41, 5.74) is 0.789. The van der Waals surface area contributed by atoms with Crippen LogP contribution < -0.4 is 5.32 Å². The Hall–Kier alpha value is 0.310. The lowest BCUT2D eigenvalue weighted by atomic mass is 9.69. The lowest BCUT2D eigenvalue weighted by Gasteiger charge is -2.46. The van der Waals surface area contributed by atoms with E-state index in [1.165, 1.54) is 5.75 Å². The first-order valence-corrected chi connectivity index (χ1v) is 6.69. The number of thioether (sulfide) groups is 1. The molecule has 1 saturated heterocycles. The minimum atomic E-state index is 0.374. The van der Waals surface area contributed by atoms with Crippen molar-refractivity contribution in [3.05, 3.63) is 0 Å². The molecule has 2 heteroatoms. The van der Waals surface area contributed by atoms with E-state index in [0.29, 0.717) is 16.9 Å². The highest BCUT2D eigenvalue weighted by atomic mass is 32.2. The summed E-state index contributed by atoms with van der Waals surface area (Å²) in [6.07, 6.45) is 0. The van der Waals surface area contributed by atoms with E-state index in [-0.39, 0.29) is 0 Å². The standard InChI is InChI=1S/C12H25NS/c1-11(2,3)9-7-14-8-13-10(9)12(4,5)6/h9-10,13H,7-8H2,1-6H3. The number of hydrogen-bond donors (Lipinski definition) is 1. The quantitative estimate of drug-likeness (QED) is 0.665. The Bertz CT molecular complexity index is 165. The van der Waals surface area contributed by atoms with Crippen LogP contribution in [0.5, 0.6) is 0 Å². The lowest BCUT2D eigenvalue weighted by molar-refractivity contribution is 0.120. The predicted molar refractivity (Wildman–Crippen MR) is 66.6 cm³/mol. The van der Waals surface area contributed by atoms with Crippen LogP contribution in [-0.2, 0) is 0 Å². The SMILES string of the molecule is CC(C)(C)C1CSCNC1C(C)(C)C. The molecule has 1 rings (SSSR count). The van der Waals surface area contributed by atoms with E-state index in [0.717, 1.165) is 11.8 Å². The molecule has 0 aromatic rings. The van der Waals surface area contributed by atoms with Gasteiger partial charge in [0.15, 0.2) is 0 Å². The highest BCUT2D eigenvalue weighted by Crippen LogP contribution is 2.40. The van der Waals surface area contributed by atoms with Crippen molar-refractivity contribution in [1.29, 1.82) is 0 Å².